The first-order valence-corrected chi connectivity index (χ1v) is 10.5. The second kappa shape index (κ2) is 8.83. The molecule has 0 aliphatic carbocycles. The first-order chi connectivity index (χ1) is 13.8. The Morgan fingerprint density at radius 3 is 2.38 bits per heavy atom. The van der Waals surface area contributed by atoms with E-state index in [0.717, 1.165) is 31.9 Å². The zero-order valence-electron chi connectivity index (χ0n) is 16.1. The molecule has 0 atom stereocenters. The lowest BCUT2D eigenvalue weighted by Gasteiger charge is -2.35. The lowest BCUT2D eigenvalue weighted by Crippen LogP contribution is -2.44. The molecule has 2 aromatic carbocycles. The van der Waals surface area contributed by atoms with Crippen LogP contribution in [0.5, 0.6) is 11.5 Å². The molecule has 0 bridgehead atoms. The van der Waals surface area contributed by atoms with Crippen LogP contribution in [0.2, 0.25) is 0 Å². The quantitative estimate of drug-likeness (QED) is 0.733. The van der Waals surface area contributed by atoms with Crippen LogP contribution in [0.1, 0.15) is 0 Å². The molecule has 158 valence electrons. The Morgan fingerprint density at radius 1 is 1.03 bits per heavy atom. The normalized spacial score (nSPS) is 15.4. The van der Waals surface area contributed by atoms with Gasteiger partial charge in [-0.15, -0.1) is 0 Å². The van der Waals surface area contributed by atoms with Gasteiger partial charge in [0.25, 0.3) is 10.0 Å². The Bertz CT molecular complexity index is 948. The summed E-state index contributed by atoms with van der Waals surface area (Å²) in [6, 6.07) is 10.2. The van der Waals surface area contributed by atoms with Crippen LogP contribution in [0.15, 0.2) is 47.4 Å². The summed E-state index contributed by atoms with van der Waals surface area (Å²) in [5.41, 5.74) is 1.06. The number of piperazine rings is 1. The van der Waals surface area contributed by atoms with Crippen molar-refractivity contribution in [3.63, 3.8) is 0 Å². The third kappa shape index (κ3) is 5.07. The molecule has 0 spiro atoms. The number of benzene rings is 2. The molecule has 0 saturated carbocycles. The van der Waals surface area contributed by atoms with Crippen molar-refractivity contribution in [2.24, 2.45) is 0 Å². The number of nitrogens with zero attached hydrogens (tertiary/aromatic N) is 2. The molecule has 1 aliphatic heterocycles. The standard InChI is InChI=1S/C19H23F2N3O4S/c1-23-9-11-24(12-10-23)15-13-14(7-8-16(15)27-2)22-29(25,26)18-6-4-3-5-17(18)28-19(20)21/h3-8,13,19,22H,9-12H2,1-2H3. The topological polar surface area (TPSA) is 71.1 Å². The van der Waals surface area contributed by atoms with E-state index in [0.29, 0.717) is 11.4 Å². The summed E-state index contributed by atoms with van der Waals surface area (Å²) < 4.78 is 63.1. The minimum Gasteiger partial charge on any atom is -0.495 e. The summed E-state index contributed by atoms with van der Waals surface area (Å²) in [6.07, 6.45) is 0. The molecule has 0 unspecified atom stereocenters. The van der Waals surface area contributed by atoms with Crippen molar-refractivity contribution in [3.05, 3.63) is 42.5 Å². The smallest absolute Gasteiger partial charge is 0.387 e. The summed E-state index contributed by atoms with van der Waals surface area (Å²) in [6.45, 7) is 0.160. The largest absolute Gasteiger partial charge is 0.495 e. The molecule has 1 saturated heterocycles. The van der Waals surface area contributed by atoms with Crippen molar-refractivity contribution in [3.8, 4) is 11.5 Å². The Kier molecular flexibility index (Phi) is 6.43. The van der Waals surface area contributed by atoms with Crippen LogP contribution in [-0.4, -0.2) is 60.3 Å². The molecule has 1 aliphatic rings. The maximum Gasteiger partial charge on any atom is 0.387 e. The number of hydrogen-bond donors (Lipinski definition) is 1. The van der Waals surface area contributed by atoms with Crippen LogP contribution < -0.4 is 19.1 Å². The van der Waals surface area contributed by atoms with Crippen LogP contribution in [0.3, 0.4) is 0 Å². The van der Waals surface area contributed by atoms with Crippen LogP contribution in [0, 0.1) is 0 Å². The van der Waals surface area contributed by atoms with Crippen molar-refractivity contribution in [1.29, 1.82) is 0 Å². The molecule has 7 nitrogen and oxygen atoms in total. The van der Waals surface area contributed by atoms with Gasteiger partial charge in [0.2, 0.25) is 0 Å². The van der Waals surface area contributed by atoms with Crippen molar-refractivity contribution < 1.29 is 26.7 Å². The van der Waals surface area contributed by atoms with E-state index in [9.17, 15) is 17.2 Å². The number of ether oxygens (including phenoxy) is 2. The fourth-order valence-electron chi connectivity index (χ4n) is 3.12. The van der Waals surface area contributed by atoms with Gasteiger partial charge in [-0.05, 0) is 37.4 Å². The molecule has 29 heavy (non-hydrogen) atoms. The SMILES string of the molecule is COc1ccc(NS(=O)(=O)c2ccccc2OC(F)F)cc1N1CCN(C)CC1. The number of methoxy groups -OCH3 is 1. The van der Waals surface area contributed by atoms with E-state index in [1.165, 1.54) is 24.3 Å². The number of anilines is 2. The van der Waals surface area contributed by atoms with Crippen LogP contribution in [-0.2, 0) is 10.0 Å². The molecule has 1 fully saturated rings. The Morgan fingerprint density at radius 2 is 1.72 bits per heavy atom. The van der Waals surface area contributed by atoms with Gasteiger partial charge in [0.15, 0.2) is 0 Å². The number of halogens is 2. The Balaban J connectivity index is 1.89. The lowest BCUT2D eigenvalue weighted by molar-refractivity contribution is -0.0517. The van der Waals surface area contributed by atoms with Gasteiger partial charge in [-0.1, -0.05) is 12.1 Å². The van der Waals surface area contributed by atoms with Gasteiger partial charge >= 0.3 is 6.61 Å². The highest BCUT2D eigenvalue weighted by molar-refractivity contribution is 7.92. The van der Waals surface area contributed by atoms with Crippen LogP contribution in [0.4, 0.5) is 20.2 Å². The molecule has 0 aromatic heterocycles. The fraction of sp³-hybridized carbons (Fsp3) is 0.368. The maximum atomic E-state index is 12.8. The van der Waals surface area contributed by atoms with Crippen LogP contribution >= 0.6 is 0 Å². The van der Waals surface area contributed by atoms with E-state index >= 15 is 0 Å². The first kappa shape index (κ1) is 21.1. The van der Waals surface area contributed by atoms with Gasteiger partial charge < -0.3 is 19.3 Å². The van der Waals surface area contributed by atoms with Crippen molar-refractivity contribution in [2.75, 3.05) is 50.0 Å². The average molecular weight is 427 g/mol. The second-order valence-electron chi connectivity index (χ2n) is 6.61. The first-order valence-electron chi connectivity index (χ1n) is 8.98. The molecule has 0 radical (unpaired) electrons. The highest BCUT2D eigenvalue weighted by Gasteiger charge is 2.23. The van der Waals surface area contributed by atoms with E-state index in [4.69, 9.17) is 4.74 Å². The summed E-state index contributed by atoms with van der Waals surface area (Å²) in [5.74, 6) is 0.210. The lowest BCUT2D eigenvalue weighted by atomic mass is 10.2. The zero-order valence-corrected chi connectivity index (χ0v) is 17.0. The number of alkyl halides is 2. The molecule has 1 heterocycles. The number of rotatable bonds is 7. The van der Waals surface area contributed by atoms with Gasteiger partial charge in [0, 0.05) is 26.2 Å². The number of hydrogen-bond acceptors (Lipinski definition) is 6. The van der Waals surface area contributed by atoms with Gasteiger partial charge in [0.1, 0.15) is 16.4 Å². The Hall–Kier alpha value is -2.59. The molecule has 1 N–H and O–H groups in total. The number of nitrogens with one attached hydrogen (secondary N) is 1. The van der Waals surface area contributed by atoms with E-state index in [-0.39, 0.29) is 4.90 Å². The van der Waals surface area contributed by atoms with Gasteiger partial charge in [-0.3, -0.25) is 4.72 Å². The number of sulfonamides is 1. The fourth-order valence-corrected chi connectivity index (χ4v) is 4.31. The number of likely N-dealkylation sites (N-methyl/N-ethyl adjacent to an activating group) is 1. The molecular weight excluding hydrogens is 404 g/mol. The van der Waals surface area contributed by atoms with Gasteiger partial charge in [-0.2, -0.15) is 8.78 Å². The minimum atomic E-state index is -4.14. The summed E-state index contributed by atoms with van der Waals surface area (Å²) in [4.78, 5) is 3.96. The van der Waals surface area contributed by atoms with Crippen molar-refractivity contribution >= 4 is 21.4 Å². The third-order valence-electron chi connectivity index (χ3n) is 4.63. The predicted octanol–water partition coefficient (Wildman–Crippen LogP) is 2.85. The molecule has 2 aromatic rings. The van der Waals surface area contributed by atoms with Crippen molar-refractivity contribution in [2.45, 2.75) is 11.5 Å². The molecule has 0 amide bonds. The van der Waals surface area contributed by atoms with E-state index in [1.54, 1.807) is 25.3 Å². The van der Waals surface area contributed by atoms with E-state index in [1.807, 2.05) is 7.05 Å². The van der Waals surface area contributed by atoms with Crippen LogP contribution in [0.25, 0.3) is 0 Å². The zero-order chi connectivity index (χ0) is 21.0. The summed E-state index contributed by atoms with van der Waals surface area (Å²) in [5, 5.41) is 0. The van der Waals surface area contributed by atoms with E-state index < -0.39 is 22.4 Å². The minimum absolute atomic E-state index is 0.298. The Labute approximate surface area is 168 Å². The molecule has 3 rings (SSSR count). The second-order valence-corrected chi connectivity index (χ2v) is 8.26. The van der Waals surface area contributed by atoms with E-state index in [2.05, 4.69) is 19.3 Å². The van der Waals surface area contributed by atoms with Gasteiger partial charge in [0.05, 0.1) is 18.5 Å². The van der Waals surface area contributed by atoms with Gasteiger partial charge in [-0.25, -0.2) is 8.42 Å². The third-order valence-corrected chi connectivity index (χ3v) is 6.05. The monoisotopic (exact) mass is 427 g/mol. The number of para-hydroxylation sites is 1. The maximum absolute atomic E-state index is 12.8. The van der Waals surface area contributed by atoms with Crippen molar-refractivity contribution in [1.82, 2.24) is 4.90 Å². The highest BCUT2D eigenvalue weighted by atomic mass is 32.2. The molecule has 10 heteroatoms. The average Bonchev–Trinajstić information content (AvgIpc) is 2.68. The highest BCUT2D eigenvalue weighted by Crippen LogP contribution is 2.34. The summed E-state index contributed by atoms with van der Waals surface area (Å²) >= 11 is 0. The molecular formula is C19H23F2N3O4S. The summed E-state index contributed by atoms with van der Waals surface area (Å²) in [7, 11) is -0.549. The predicted molar refractivity (Wildman–Crippen MR) is 107 cm³/mol.